The summed E-state index contributed by atoms with van der Waals surface area (Å²) >= 11 is 0. The number of rotatable bonds is 2. The highest BCUT2D eigenvalue weighted by Gasteiger charge is 2.38. The van der Waals surface area contributed by atoms with Gasteiger partial charge in [0.25, 0.3) is 0 Å². The molecule has 0 aromatic heterocycles. The molecule has 0 N–H and O–H groups in total. The van der Waals surface area contributed by atoms with E-state index < -0.39 is 0 Å². The largest absolute Gasteiger partial charge is 0.0991 e. The molecule has 1 aliphatic rings. The third-order valence-electron chi connectivity index (χ3n) is 5.40. The number of allylic oxidation sites excluding steroid dienone is 6. The molecule has 4 rings (SSSR count). The van der Waals surface area contributed by atoms with Gasteiger partial charge in [-0.05, 0) is 43.8 Å². The van der Waals surface area contributed by atoms with Crippen molar-refractivity contribution in [2.45, 2.75) is 19.3 Å². The van der Waals surface area contributed by atoms with Gasteiger partial charge in [0.15, 0.2) is 0 Å². The summed E-state index contributed by atoms with van der Waals surface area (Å²) in [7, 11) is 0. The Hall–Kier alpha value is -2.86. The van der Waals surface area contributed by atoms with Crippen molar-refractivity contribution >= 4 is 27.1 Å². The predicted octanol–water partition coefficient (Wildman–Crippen LogP) is 6.97. The minimum Gasteiger partial charge on any atom is -0.0991 e. The smallest absolute Gasteiger partial charge is 0.0159 e. The molecule has 0 heterocycles. The van der Waals surface area contributed by atoms with Crippen LogP contribution in [-0.4, -0.2) is 0 Å². The molecule has 0 aliphatic heterocycles. The molecule has 0 amide bonds. The molecule has 0 heteroatoms. The normalized spacial score (nSPS) is 18.8. The van der Waals surface area contributed by atoms with Crippen molar-refractivity contribution in [3.63, 3.8) is 0 Å². The first kappa shape index (κ1) is 15.7. The highest BCUT2D eigenvalue weighted by molar-refractivity contribution is 6.13. The van der Waals surface area contributed by atoms with Gasteiger partial charge in [-0.15, -0.1) is 0 Å². The Morgan fingerprint density at radius 2 is 1.48 bits per heavy atom. The number of hydrogen-bond acceptors (Lipinski definition) is 0. The van der Waals surface area contributed by atoms with Gasteiger partial charge in [0.1, 0.15) is 0 Å². The van der Waals surface area contributed by atoms with E-state index >= 15 is 0 Å². The van der Waals surface area contributed by atoms with Crippen LogP contribution in [0.4, 0.5) is 0 Å². The molecular formula is C25H22. The van der Waals surface area contributed by atoms with Crippen LogP contribution in [0.3, 0.4) is 0 Å². The van der Waals surface area contributed by atoms with Crippen LogP contribution in [0.5, 0.6) is 0 Å². The zero-order valence-corrected chi connectivity index (χ0v) is 14.8. The second-order valence-corrected chi connectivity index (χ2v) is 7.13. The van der Waals surface area contributed by atoms with E-state index in [4.69, 9.17) is 0 Å². The van der Waals surface area contributed by atoms with Gasteiger partial charge in [0.2, 0.25) is 0 Å². The molecule has 0 saturated heterocycles. The molecule has 3 aromatic carbocycles. The molecule has 3 aromatic rings. The van der Waals surface area contributed by atoms with Crippen LogP contribution in [0.1, 0.15) is 25.0 Å². The van der Waals surface area contributed by atoms with Gasteiger partial charge in [0.05, 0.1) is 0 Å². The van der Waals surface area contributed by atoms with E-state index in [1.807, 2.05) is 12.2 Å². The predicted molar refractivity (Wildman–Crippen MR) is 111 cm³/mol. The quantitative estimate of drug-likeness (QED) is 0.447. The van der Waals surface area contributed by atoms with E-state index in [1.54, 1.807) is 0 Å². The first-order chi connectivity index (χ1) is 12.1. The Balaban J connectivity index is 2.18. The number of hydrogen-bond donors (Lipinski definition) is 0. The Morgan fingerprint density at radius 3 is 2.24 bits per heavy atom. The lowest BCUT2D eigenvalue weighted by Crippen LogP contribution is -2.14. The first-order valence-electron chi connectivity index (χ1n) is 8.71. The zero-order valence-electron chi connectivity index (χ0n) is 14.8. The average molecular weight is 322 g/mol. The summed E-state index contributed by atoms with van der Waals surface area (Å²) in [6, 6.07) is 17.7. The van der Waals surface area contributed by atoms with Crippen molar-refractivity contribution in [2.24, 2.45) is 0 Å². The Kier molecular flexibility index (Phi) is 3.51. The van der Waals surface area contributed by atoms with Crippen LogP contribution >= 0.6 is 0 Å². The highest BCUT2D eigenvalue weighted by atomic mass is 14.4. The van der Waals surface area contributed by atoms with Gasteiger partial charge >= 0.3 is 0 Å². The van der Waals surface area contributed by atoms with E-state index in [0.29, 0.717) is 0 Å². The molecule has 0 saturated carbocycles. The van der Waals surface area contributed by atoms with Crippen molar-refractivity contribution < 1.29 is 0 Å². The van der Waals surface area contributed by atoms with E-state index in [1.165, 1.54) is 43.8 Å². The highest BCUT2D eigenvalue weighted by Crippen LogP contribution is 2.52. The van der Waals surface area contributed by atoms with Crippen LogP contribution in [0, 0.1) is 0 Å². The number of fused-ring (bicyclic) bond motifs is 5. The van der Waals surface area contributed by atoms with Gasteiger partial charge in [-0.25, -0.2) is 0 Å². The number of benzene rings is 3. The fourth-order valence-electron chi connectivity index (χ4n) is 4.22. The molecule has 0 unspecified atom stereocenters. The molecule has 0 radical (unpaired) electrons. The molecule has 0 spiro atoms. The lowest BCUT2D eigenvalue weighted by atomic mass is 9.81. The van der Waals surface area contributed by atoms with Crippen LogP contribution in [0.25, 0.3) is 27.1 Å². The van der Waals surface area contributed by atoms with Crippen LogP contribution in [0.15, 0.2) is 91.6 Å². The fraction of sp³-hybridized carbons (Fsp3) is 0.120. The van der Waals surface area contributed by atoms with E-state index in [0.717, 1.165) is 0 Å². The average Bonchev–Trinajstić information content (AvgIpc) is 2.83. The molecule has 0 nitrogen and oxygen atoms in total. The van der Waals surface area contributed by atoms with Crippen LogP contribution in [-0.2, 0) is 5.41 Å². The van der Waals surface area contributed by atoms with Crippen LogP contribution < -0.4 is 0 Å². The van der Waals surface area contributed by atoms with Crippen molar-refractivity contribution in [1.29, 1.82) is 0 Å². The van der Waals surface area contributed by atoms with E-state index in [2.05, 4.69) is 87.7 Å². The minimum atomic E-state index is -0.0435. The molecule has 0 atom stereocenters. The van der Waals surface area contributed by atoms with Crippen LogP contribution in [0.2, 0.25) is 0 Å². The molecule has 0 bridgehead atoms. The summed E-state index contributed by atoms with van der Waals surface area (Å²) in [4.78, 5) is 0. The van der Waals surface area contributed by atoms with E-state index in [-0.39, 0.29) is 5.41 Å². The second kappa shape index (κ2) is 5.60. The summed E-state index contributed by atoms with van der Waals surface area (Å²) in [6.45, 7) is 12.4. The second-order valence-electron chi connectivity index (χ2n) is 7.13. The Labute approximate surface area is 149 Å². The van der Waals surface area contributed by atoms with Crippen molar-refractivity contribution in [2.75, 3.05) is 0 Å². The third kappa shape index (κ3) is 2.14. The summed E-state index contributed by atoms with van der Waals surface area (Å²) in [5.74, 6) is 0. The first-order valence-corrected chi connectivity index (χ1v) is 8.71. The lowest BCUT2D eigenvalue weighted by Gasteiger charge is -2.21. The SMILES string of the molecule is C=CC=C1/C(=C\C=C)c2c(ccc3c2ccc2ccccc23)C1(C)C. The maximum absolute atomic E-state index is 3.94. The minimum absolute atomic E-state index is 0.0435. The molecule has 0 fully saturated rings. The zero-order chi connectivity index (χ0) is 17.6. The fourth-order valence-corrected chi connectivity index (χ4v) is 4.22. The Bertz CT molecular complexity index is 1090. The lowest BCUT2D eigenvalue weighted by molar-refractivity contribution is 0.661. The molecule has 122 valence electrons. The summed E-state index contributed by atoms with van der Waals surface area (Å²) in [5, 5.41) is 5.20. The van der Waals surface area contributed by atoms with Gasteiger partial charge < -0.3 is 0 Å². The monoisotopic (exact) mass is 322 g/mol. The van der Waals surface area contributed by atoms with Gasteiger partial charge in [-0.1, -0.05) is 99.8 Å². The summed E-state index contributed by atoms with van der Waals surface area (Å²) in [5.41, 5.74) is 5.23. The van der Waals surface area contributed by atoms with Gasteiger partial charge in [0, 0.05) is 5.41 Å². The maximum Gasteiger partial charge on any atom is 0.0159 e. The van der Waals surface area contributed by atoms with Gasteiger partial charge in [-0.2, -0.15) is 0 Å². The van der Waals surface area contributed by atoms with Gasteiger partial charge in [-0.3, -0.25) is 0 Å². The Morgan fingerprint density at radius 1 is 0.760 bits per heavy atom. The topological polar surface area (TPSA) is 0 Å². The third-order valence-corrected chi connectivity index (χ3v) is 5.40. The van der Waals surface area contributed by atoms with Crippen molar-refractivity contribution in [3.05, 3.63) is 103 Å². The van der Waals surface area contributed by atoms with Crippen molar-refractivity contribution in [3.8, 4) is 0 Å². The summed E-state index contributed by atoms with van der Waals surface area (Å²) in [6.07, 6.45) is 8.05. The van der Waals surface area contributed by atoms with E-state index in [9.17, 15) is 0 Å². The molecule has 25 heavy (non-hydrogen) atoms. The summed E-state index contributed by atoms with van der Waals surface area (Å²) < 4.78 is 0. The molecule has 1 aliphatic carbocycles. The molecular weight excluding hydrogens is 300 g/mol. The maximum atomic E-state index is 3.94. The van der Waals surface area contributed by atoms with Crippen molar-refractivity contribution in [1.82, 2.24) is 0 Å². The standard InChI is InChI=1S/C25H22/c1-5-9-21-22(10-6-2)25(3,4)23-16-15-19-18-12-8-7-11-17(18)13-14-20(19)24(21)23/h5-16H,1-2H2,3-4H3/b21-9+,22-10?.